The Labute approximate surface area is 226 Å². The maximum Gasteiger partial charge on any atom is 0.511 e. The third-order valence-electron chi connectivity index (χ3n) is 6.18. The van der Waals surface area contributed by atoms with Crippen molar-refractivity contribution in [2.24, 2.45) is 0 Å². The molecule has 4 aromatic rings. The molecule has 3 heterocycles. The number of benzene rings is 2. The molecular weight excluding hydrogens is 554 g/mol. The zero-order valence-corrected chi connectivity index (χ0v) is 22.2. The smallest absolute Gasteiger partial charge is 0.449 e. The highest BCUT2D eigenvalue weighted by molar-refractivity contribution is 7.91. The number of halogens is 1. The number of sulfonamides is 1. The minimum atomic E-state index is -3.70. The summed E-state index contributed by atoms with van der Waals surface area (Å²) in [5, 5.41) is 20.5. The number of thiophene rings is 1. The van der Waals surface area contributed by atoms with Crippen molar-refractivity contribution in [2.45, 2.75) is 29.6 Å². The van der Waals surface area contributed by atoms with Gasteiger partial charge in [-0.05, 0) is 61.4 Å². The number of hydrogen-bond donors (Lipinski definition) is 2. The van der Waals surface area contributed by atoms with E-state index in [4.69, 9.17) is 21.4 Å². The molecule has 1 amide bonds. The average molecular weight is 576 g/mol. The lowest BCUT2D eigenvalue weighted by atomic mass is 10.1. The SMILES string of the molecule is O=C(O)Oc1ccc2nnn(C3CCN(S(=O)(=O)c4ccc(CNC(=O)c5ccc(Cl)cc5)s4)CC3)c2c1. The molecule has 0 unspecified atom stereocenters. The number of hydrogen-bond acceptors (Lipinski definition) is 8. The Morgan fingerprint density at radius 1 is 1.11 bits per heavy atom. The van der Waals surface area contributed by atoms with Crippen molar-refractivity contribution in [3.05, 3.63) is 70.1 Å². The molecule has 0 spiro atoms. The maximum absolute atomic E-state index is 13.3. The average Bonchev–Trinajstić information content (AvgIpc) is 3.55. The van der Waals surface area contributed by atoms with Gasteiger partial charge in [0.15, 0.2) is 0 Å². The van der Waals surface area contributed by atoms with Gasteiger partial charge < -0.3 is 15.2 Å². The van der Waals surface area contributed by atoms with Crippen LogP contribution in [0.15, 0.2) is 58.8 Å². The summed E-state index contributed by atoms with van der Waals surface area (Å²) in [6.45, 7) is 0.789. The normalized spacial score (nSPS) is 15.0. The molecule has 0 atom stereocenters. The summed E-state index contributed by atoms with van der Waals surface area (Å²) in [5.74, 6) is -0.116. The first kappa shape index (κ1) is 26.1. The molecule has 0 saturated carbocycles. The van der Waals surface area contributed by atoms with Crippen LogP contribution in [0.3, 0.4) is 0 Å². The molecule has 11 nitrogen and oxygen atoms in total. The summed E-state index contributed by atoms with van der Waals surface area (Å²) >= 11 is 6.98. The van der Waals surface area contributed by atoms with Crippen LogP contribution in [0.4, 0.5) is 4.79 Å². The number of ether oxygens (including phenoxy) is 1. The fraction of sp³-hybridized carbons (Fsp3) is 0.250. The molecule has 2 aromatic heterocycles. The Bertz CT molecular complexity index is 1590. The topological polar surface area (TPSA) is 144 Å². The molecule has 1 aliphatic rings. The highest BCUT2D eigenvalue weighted by atomic mass is 35.5. The summed E-state index contributed by atoms with van der Waals surface area (Å²) in [6.07, 6.45) is -0.392. The second-order valence-corrected chi connectivity index (χ2v) is 12.4. The highest BCUT2D eigenvalue weighted by Crippen LogP contribution is 2.32. The van der Waals surface area contributed by atoms with Gasteiger partial charge in [0.2, 0.25) is 0 Å². The molecule has 1 fully saturated rings. The molecule has 5 rings (SSSR count). The first-order chi connectivity index (χ1) is 18.2. The van der Waals surface area contributed by atoms with Gasteiger partial charge in [-0.2, -0.15) is 4.31 Å². The predicted molar refractivity (Wildman–Crippen MR) is 140 cm³/mol. The lowest BCUT2D eigenvalue weighted by molar-refractivity contribution is 0.0951. The zero-order chi connectivity index (χ0) is 26.9. The number of carbonyl (C=O) groups is 2. The number of carbonyl (C=O) groups excluding carboxylic acids is 1. The van der Waals surface area contributed by atoms with Gasteiger partial charge in [0.25, 0.3) is 15.9 Å². The number of amides is 1. The van der Waals surface area contributed by atoms with Crippen LogP contribution in [0.1, 0.15) is 34.1 Å². The molecule has 2 N–H and O–H groups in total. The maximum atomic E-state index is 13.3. The molecule has 0 bridgehead atoms. The van der Waals surface area contributed by atoms with Crippen LogP contribution in [0, 0.1) is 0 Å². The lowest BCUT2D eigenvalue weighted by Gasteiger charge is -2.30. The standard InChI is InChI=1S/C24H22ClN5O6S2/c25-16-3-1-15(2-4-16)23(31)26-14-19-6-8-22(37-19)38(34,35)29-11-9-17(10-12-29)30-21-13-18(36-24(32)33)5-7-20(21)27-28-30/h1-8,13,17H,9-12,14H2,(H,26,31)(H,32,33). The van der Waals surface area contributed by atoms with E-state index in [1.165, 1.54) is 10.4 Å². The Morgan fingerprint density at radius 2 is 1.84 bits per heavy atom. The fourth-order valence-electron chi connectivity index (χ4n) is 4.27. The lowest BCUT2D eigenvalue weighted by Crippen LogP contribution is -2.38. The minimum Gasteiger partial charge on any atom is -0.449 e. The number of nitrogens with zero attached hydrogens (tertiary/aromatic N) is 4. The van der Waals surface area contributed by atoms with E-state index in [1.54, 1.807) is 53.2 Å². The van der Waals surface area contributed by atoms with E-state index >= 15 is 0 Å². The van der Waals surface area contributed by atoms with Crippen LogP contribution in [0.5, 0.6) is 5.75 Å². The third-order valence-corrected chi connectivity index (χ3v) is 9.88. The van der Waals surface area contributed by atoms with Gasteiger partial charge >= 0.3 is 6.16 Å². The van der Waals surface area contributed by atoms with Crippen molar-refractivity contribution in [1.29, 1.82) is 0 Å². The van der Waals surface area contributed by atoms with Crippen LogP contribution in [0.2, 0.25) is 5.02 Å². The summed E-state index contributed by atoms with van der Waals surface area (Å²) in [6, 6.07) is 14.4. The zero-order valence-electron chi connectivity index (χ0n) is 19.8. The summed E-state index contributed by atoms with van der Waals surface area (Å²) < 4.78 is 34.6. The number of carboxylic acid groups (broad SMARTS) is 1. The van der Waals surface area contributed by atoms with Crippen molar-refractivity contribution < 1.29 is 27.9 Å². The molecule has 1 saturated heterocycles. The highest BCUT2D eigenvalue weighted by Gasteiger charge is 2.32. The Morgan fingerprint density at radius 3 is 2.55 bits per heavy atom. The van der Waals surface area contributed by atoms with Gasteiger partial charge in [-0.25, -0.2) is 17.9 Å². The Hall–Kier alpha value is -3.52. The second-order valence-electron chi connectivity index (χ2n) is 8.60. The number of aromatic nitrogens is 3. The van der Waals surface area contributed by atoms with Crippen molar-refractivity contribution in [3.63, 3.8) is 0 Å². The van der Waals surface area contributed by atoms with Gasteiger partial charge in [0, 0.05) is 34.6 Å². The second kappa shape index (κ2) is 10.7. The monoisotopic (exact) mass is 575 g/mol. The number of fused-ring (bicyclic) bond motifs is 1. The minimum absolute atomic E-state index is 0.103. The fourth-order valence-corrected chi connectivity index (χ4v) is 7.31. The van der Waals surface area contributed by atoms with Crippen molar-refractivity contribution >= 4 is 56.1 Å². The molecule has 0 radical (unpaired) electrons. The Balaban J connectivity index is 1.21. The summed E-state index contributed by atoms with van der Waals surface area (Å²) in [7, 11) is -3.70. The quantitative estimate of drug-likeness (QED) is 0.247. The van der Waals surface area contributed by atoms with Gasteiger partial charge in [0.1, 0.15) is 15.5 Å². The number of nitrogens with one attached hydrogen (secondary N) is 1. The van der Waals surface area contributed by atoms with Crippen molar-refractivity contribution in [1.82, 2.24) is 24.6 Å². The first-order valence-electron chi connectivity index (χ1n) is 11.6. The molecule has 198 valence electrons. The number of piperidine rings is 1. The van der Waals surface area contributed by atoms with Crippen LogP contribution in [-0.4, -0.2) is 58.0 Å². The van der Waals surface area contributed by atoms with Gasteiger partial charge in [-0.1, -0.05) is 16.8 Å². The Kier molecular flexibility index (Phi) is 7.34. The van der Waals surface area contributed by atoms with E-state index in [0.29, 0.717) is 52.4 Å². The van der Waals surface area contributed by atoms with E-state index in [1.807, 2.05) is 0 Å². The third kappa shape index (κ3) is 5.50. The first-order valence-corrected chi connectivity index (χ1v) is 14.2. The van der Waals surface area contributed by atoms with Crippen LogP contribution in [0.25, 0.3) is 11.0 Å². The molecular formula is C24H22ClN5O6S2. The summed E-state index contributed by atoms with van der Waals surface area (Å²) in [5.41, 5.74) is 1.67. The molecule has 0 aliphatic carbocycles. The van der Waals surface area contributed by atoms with Crippen molar-refractivity contribution in [2.75, 3.05) is 13.1 Å². The molecule has 1 aliphatic heterocycles. The van der Waals surface area contributed by atoms with E-state index < -0.39 is 16.2 Å². The van der Waals surface area contributed by atoms with Gasteiger partial charge in [-0.3, -0.25) is 4.79 Å². The van der Waals surface area contributed by atoms with Gasteiger partial charge in [0.05, 0.1) is 18.1 Å². The van der Waals surface area contributed by atoms with E-state index in [0.717, 1.165) is 11.3 Å². The van der Waals surface area contributed by atoms with Crippen molar-refractivity contribution in [3.8, 4) is 5.75 Å². The van der Waals surface area contributed by atoms with E-state index in [-0.39, 0.29) is 28.5 Å². The summed E-state index contributed by atoms with van der Waals surface area (Å²) in [4.78, 5) is 23.9. The molecule has 38 heavy (non-hydrogen) atoms. The van der Waals surface area contributed by atoms with Crippen LogP contribution < -0.4 is 10.1 Å². The van der Waals surface area contributed by atoms with E-state index in [9.17, 15) is 18.0 Å². The predicted octanol–water partition coefficient (Wildman–Crippen LogP) is 4.16. The number of rotatable bonds is 7. The van der Waals surface area contributed by atoms with E-state index in [2.05, 4.69) is 15.6 Å². The largest absolute Gasteiger partial charge is 0.511 e. The molecule has 14 heteroatoms. The molecule has 2 aromatic carbocycles. The van der Waals surface area contributed by atoms with Gasteiger partial charge in [-0.15, -0.1) is 16.4 Å². The van der Waals surface area contributed by atoms with Crippen LogP contribution >= 0.6 is 22.9 Å². The van der Waals surface area contributed by atoms with Crippen LogP contribution in [-0.2, 0) is 16.6 Å².